The minimum atomic E-state index is 0. The third kappa shape index (κ3) is 4.60. The topological polar surface area (TPSA) is 20.3 Å². The van der Waals surface area contributed by atoms with Gasteiger partial charge in [-0.2, -0.15) is 0 Å². The summed E-state index contributed by atoms with van der Waals surface area (Å²) < 4.78 is 0. The van der Waals surface area contributed by atoms with Crippen molar-refractivity contribution in [2.45, 2.75) is 25.7 Å². The molecule has 0 aliphatic carbocycles. The summed E-state index contributed by atoms with van der Waals surface area (Å²) in [4.78, 5) is 14.3. The number of benzene rings is 1. The van der Waals surface area contributed by atoms with E-state index in [0.717, 1.165) is 12.1 Å². The first kappa shape index (κ1) is 14.4. The van der Waals surface area contributed by atoms with Crippen molar-refractivity contribution >= 4 is 22.8 Å². The second kappa shape index (κ2) is 7.62. The van der Waals surface area contributed by atoms with E-state index in [2.05, 4.69) is 4.90 Å². The molecule has 0 unspecified atom stereocenters. The Morgan fingerprint density at radius 3 is 2.35 bits per heavy atom. The minimum absolute atomic E-state index is 0. The quantitative estimate of drug-likeness (QED) is 0.795. The number of piperidine rings is 1. The monoisotopic (exact) mass is 297 g/mol. The molecule has 0 radical (unpaired) electrons. The molecule has 0 spiro atoms. The largest absolute Gasteiger partial charge is 0.303 e. The zero-order valence-corrected chi connectivity index (χ0v) is 11.8. The second-order valence-corrected chi connectivity index (χ2v) is 4.44. The fourth-order valence-corrected chi connectivity index (χ4v) is 2.21. The van der Waals surface area contributed by atoms with Gasteiger partial charge < -0.3 is 4.90 Å². The number of hydrogen-bond donors (Lipinski definition) is 0. The number of hydrogen-bond acceptors (Lipinski definition) is 2. The lowest BCUT2D eigenvalue weighted by Gasteiger charge is -2.25. The van der Waals surface area contributed by atoms with Crippen LogP contribution < -0.4 is 0 Å². The van der Waals surface area contributed by atoms with Gasteiger partial charge in [0.25, 0.3) is 0 Å². The van der Waals surface area contributed by atoms with Crippen LogP contribution in [0.1, 0.15) is 36.0 Å². The fourth-order valence-electron chi connectivity index (χ4n) is 2.21. The summed E-state index contributed by atoms with van der Waals surface area (Å²) >= 11 is 0. The van der Waals surface area contributed by atoms with Crippen molar-refractivity contribution in [3.8, 4) is 0 Å². The molecule has 3 heteroatoms. The van der Waals surface area contributed by atoms with Crippen LogP contribution in [0.5, 0.6) is 0 Å². The molecule has 17 heavy (non-hydrogen) atoms. The van der Waals surface area contributed by atoms with E-state index in [1.54, 1.807) is 0 Å². The van der Waals surface area contributed by atoms with Crippen LogP contribution in [0.3, 0.4) is 0 Å². The van der Waals surface area contributed by atoms with Gasteiger partial charge in [0.05, 0.1) is 0 Å². The number of rotatable bonds is 4. The summed E-state index contributed by atoms with van der Waals surface area (Å²) in [5.74, 6) is 0.270. The average Bonchev–Trinajstić information content (AvgIpc) is 2.38. The van der Waals surface area contributed by atoms with Crippen LogP contribution >= 0.6 is 17.0 Å². The first-order chi connectivity index (χ1) is 7.86. The lowest BCUT2D eigenvalue weighted by molar-refractivity contribution is 0.0958. The van der Waals surface area contributed by atoms with E-state index >= 15 is 0 Å². The zero-order chi connectivity index (χ0) is 11.2. The van der Waals surface area contributed by atoms with E-state index < -0.39 is 0 Å². The lowest BCUT2D eigenvalue weighted by atomic mass is 10.1. The predicted octanol–water partition coefficient (Wildman–Crippen LogP) is 3.32. The highest BCUT2D eigenvalue weighted by molar-refractivity contribution is 8.93. The summed E-state index contributed by atoms with van der Waals surface area (Å²) in [6.45, 7) is 3.26. The second-order valence-electron chi connectivity index (χ2n) is 4.44. The summed E-state index contributed by atoms with van der Waals surface area (Å²) in [6.07, 6.45) is 4.59. The van der Waals surface area contributed by atoms with Crippen LogP contribution in [0.25, 0.3) is 0 Å². The summed E-state index contributed by atoms with van der Waals surface area (Å²) in [7, 11) is 0. The SMILES string of the molecule is Br.O=C(CCN1CCCCC1)c1ccccc1. The van der Waals surface area contributed by atoms with Gasteiger partial charge >= 0.3 is 0 Å². The molecular weight excluding hydrogens is 278 g/mol. The molecule has 94 valence electrons. The van der Waals surface area contributed by atoms with Crippen molar-refractivity contribution in [2.75, 3.05) is 19.6 Å². The third-order valence-corrected chi connectivity index (χ3v) is 3.20. The Kier molecular flexibility index (Phi) is 6.45. The van der Waals surface area contributed by atoms with Crippen molar-refractivity contribution in [3.63, 3.8) is 0 Å². The number of halogens is 1. The zero-order valence-electron chi connectivity index (χ0n) is 10.1. The van der Waals surface area contributed by atoms with E-state index in [-0.39, 0.29) is 22.8 Å². The van der Waals surface area contributed by atoms with Crippen molar-refractivity contribution in [2.24, 2.45) is 0 Å². The molecule has 0 bridgehead atoms. The Balaban J connectivity index is 0.00000144. The van der Waals surface area contributed by atoms with Crippen LogP contribution in [0.2, 0.25) is 0 Å². The maximum absolute atomic E-state index is 11.9. The number of Topliss-reactive ketones (excluding diaryl/α,β-unsaturated/α-hetero) is 1. The highest BCUT2D eigenvalue weighted by Crippen LogP contribution is 2.10. The Morgan fingerprint density at radius 1 is 1.06 bits per heavy atom. The summed E-state index contributed by atoms with van der Waals surface area (Å²) in [5.41, 5.74) is 0.847. The predicted molar refractivity (Wildman–Crippen MR) is 76.0 cm³/mol. The van der Waals surface area contributed by atoms with Gasteiger partial charge in [0.2, 0.25) is 0 Å². The molecule has 2 rings (SSSR count). The molecule has 1 aromatic rings. The highest BCUT2D eigenvalue weighted by atomic mass is 79.9. The Morgan fingerprint density at radius 2 is 1.71 bits per heavy atom. The highest BCUT2D eigenvalue weighted by Gasteiger charge is 2.12. The number of carbonyl (C=O) groups excluding carboxylic acids is 1. The van der Waals surface area contributed by atoms with Gasteiger partial charge in [0.15, 0.2) is 5.78 Å². The molecule has 1 aliphatic rings. The smallest absolute Gasteiger partial charge is 0.164 e. The molecule has 1 aliphatic heterocycles. The van der Waals surface area contributed by atoms with Gasteiger partial charge in [-0.1, -0.05) is 36.8 Å². The van der Waals surface area contributed by atoms with E-state index in [4.69, 9.17) is 0 Å². The van der Waals surface area contributed by atoms with Gasteiger partial charge in [0, 0.05) is 18.5 Å². The van der Waals surface area contributed by atoms with Gasteiger partial charge in [-0.25, -0.2) is 0 Å². The molecule has 0 N–H and O–H groups in total. The average molecular weight is 298 g/mol. The maximum atomic E-state index is 11.9. The summed E-state index contributed by atoms with van der Waals surface area (Å²) in [6, 6.07) is 9.60. The number of nitrogens with zero attached hydrogens (tertiary/aromatic N) is 1. The normalized spacial score (nSPS) is 16.2. The van der Waals surface area contributed by atoms with Crippen molar-refractivity contribution < 1.29 is 4.79 Å². The lowest BCUT2D eigenvalue weighted by Crippen LogP contribution is -2.31. The molecule has 0 amide bonds. The van der Waals surface area contributed by atoms with Gasteiger partial charge in [-0.15, -0.1) is 17.0 Å². The minimum Gasteiger partial charge on any atom is -0.303 e. The van der Waals surface area contributed by atoms with Gasteiger partial charge in [0.1, 0.15) is 0 Å². The van der Waals surface area contributed by atoms with Crippen LogP contribution in [0.4, 0.5) is 0 Å². The molecule has 0 atom stereocenters. The molecule has 2 nitrogen and oxygen atoms in total. The van der Waals surface area contributed by atoms with Crippen molar-refractivity contribution in [1.29, 1.82) is 0 Å². The number of likely N-dealkylation sites (tertiary alicyclic amines) is 1. The van der Waals surface area contributed by atoms with E-state index in [1.807, 2.05) is 30.3 Å². The molecule has 0 saturated carbocycles. The maximum Gasteiger partial charge on any atom is 0.164 e. The van der Waals surface area contributed by atoms with Gasteiger partial charge in [-0.05, 0) is 25.9 Å². The molecule has 0 aromatic heterocycles. The first-order valence-corrected chi connectivity index (χ1v) is 6.17. The van der Waals surface area contributed by atoms with Crippen LogP contribution in [0, 0.1) is 0 Å². The van der Waals surface area contributed by atoms with E-state index in [9.17, 15) is 4.79 Å². The van der Waals surface area contributed by atoms with Crippen LogP contribution in [0.15, 0.2) is 30.3 Å². The Labute approximate surface area is 114 Å². The van der Waals surface area contributed by atoms with Crippen molar-refractivity contribution in [3.05, 3.63) is 35.9 Å². The molecular formula is C14H20BrNO. The molecule has 1 fully saturated rings. The third-order valence-electron chi connectivity index (χ3n) is 3.20. The molecule has 1 saturated heterocycles. The number of carbonyl (C=O) groups is 1. The van der Waals surface area contributed by atoms with Gasteiger partial charge in [-0.3, -0.25) is 4.79 Å². The van der Waals surface area contributed by atoms with Crippen LogP contribution in [-0.2, 0) is 0 Å². The summed E-state index contributed by atoms with van der Waals surface area (Å²) in [5, 5.41) is 0. The van der Waals surface area contributed by atoms with E-state index in [0.29, 0.717) is 6.42 Å². The molecule has 1 aromatic carbocycles. The Bertz CT molecular complexity index is 333. The first-order valence-electron chi connectivity index (χ1n) is 6.17. The number of ketones is 1. The molecule has 1 heterocycles. The van der Waals surface area contributed by atoms with Crippen molar-refractivity contribution in [1.82, 2.24) is 4.90 Å². The Hall–Kier alpha value is -0.670. The van der Waals surface area contributed by atoms with E-state index in [1.165, 1.54) is 32.4 Å². The fraction of sp³-hybridized carbons (Fsp3) is 0.500. The standard InChI is InChI=1S/C14H19NO.BrH/c16-14(13-7-3-1-4-8-13)9-12-15-10-5-2-6-11-15;/h1,3-4,7-8H,2,5-6,9-12H2;1H. The van der Waals surface area contributed by atoms with Crippen LogP contribution in [-0.4, -0.2) is 30.3 Å².